The summed E-state index contributed by atoms with van der Waals surface area (Å²) in [7, 11) is 0. The molecular formula is C13H24N2O3. The third-order valence-electron chi connectivity index (χ3n) is 3.39. The highest BCUT2D eigenvalue weighted by Crippen LogP contribution is 2.38. The van der Waals surface area contributed by atoms with E-state index in [2.05, 4.69) is 0 Å². The SMILES string of the molecule is CC(C)(C)OC(=O)N1CCOCC1CC1(N)CC1. The van der Waals surface area contributed by atoms with Crippen molar-refractivity contribution in [3.05, 3.63) is 0 Å². The third kappa shape index (κ3) is 3.59. The number of carbonyl (C=O) groups excluding carboxylic acids is 1. The number of nitrogens with two attached hydrogens (primary N) is 1. The lowest BCUT2D eigenvalue weighted by molar-refractivity contribution is -0.0358. The predicted molar refractivity (Wildman–Crippen MR) is 68.3 cm³/mol. The van der Waals surface area contributed by atoms with Crippen LogP contribution in [0.1, 0.15) is 40.0 Å². The Morgan fingerprint density at radius 3 is 2.72 bits per heavy atom. The Labute approximate surface area is 109 Å². The van der Waals surface area contributed by atoms with Crippen LogP contribution in [0.4, 0.5) is 4.79 Å². The van der Waals surface area contributed by atoms with Crippen LogP contribution in [0.2, 0.25) is 0 Å². The summed E-state index contributed by atoms with van der Waals surface area (Å²) in [5, 5.41) is 0. The van der Waals surface area contributed by atoms with Crippen molar-refractivity contribution in [2.45, 2.75) is 57.2 Å². The van der Waals surface area contributed by atoms with Crippen molar-refractivity contribution in [2.75, 3.05) is 19.8 Å². The number of hydrogen-bond acceptors (Lipinski definition) is 4. The van der Waals surface area contributed by atoms with Crippen molar-refractivity contribution in [2.24, 2.45) is 5.73 Å². The molecule has 18 heavy (non-hydrogen) atoms. The molecule has 1 atom stereocenters. The second kappa shape index (κ2) is 4.70. The van der Waals surface area contributed by atoms with Gasteiger partial charge in [-0.05, 0) is 40.0 Å². The summed E-state index contributed by atoms with van der Waals surface area (Å²) >= 11 is 0. The van der Waals surface area contributed by atoms with Gasteiger partial charge in [0.05, 0.1) is 19.3 Å². The summed E-state index contributed by atoms with van der Waals surface area (Å²) in [5.74, 6) is 0. The molecule has 2 rings (SSSR count). The van der Waals surface area contributed by atoms with E-state index in [-0.39, 0.29) is 17.7 Å². The number of nitrogens with zero attached hydrogens (tertiary/aromatic N) is 1. The molecule has 2 N–H and O–H groups in total. The molecule has 5 heteroatoms. The quantitative estimate of drug-likeness (QED) is 0.813. The molecule has 0 spiro atoms. The molecule has 2 aliphatic rings. The minimum absolute atomic E-state index is 0.0566. The van der Waals surface area contributed by atoms with Crippen LogP contribution in [0.25, 0.3) is 0 Å². The molecule has 0 aromatic rings. The fourth-order valence-corrected chi connectivity index (χ4v) is 2.22. The summed E-state index contributed by atoms with van der Waals surface area (Å²) in [6.07, 6.45) is 2.66. The lowest BCUT2D eigenvalue weighted by atomic mass is 10.0. The zero-order valence-corrected chi connectivity index (χ0v) is 11.6. The first kappa shape index (κ1) is 13.6. The fourth-order valence-electron chi connectivity index (χ4n) is 2.22. The average Bonchev–Trinajstić information content (AvgIpc) is 2.94. The van der Waals surface area contributed by atoms with Crippen LogP contribution in [0.15, 0.2) is 0 Å². The Hall–Kier alpha value is -0.810. The topological polar surface area (TPSA) is 64.8 Å². The van der Waals surface area contributed by atoms with Gasteiger partial charge in [0.15, 0.2) is 0 Å². The van der Waals surface area contributed by atoms with Gasteiger partial charge in [-0.25, -0.2) is 4.79 Å². The van der Waals surface area contributed by atoms with Gasteiger partial charge in [-0.3, -0.25) is 0 Å². The second-order valence-corrected chi connectivity index (χ2v) is 6.47. The maximum absolute atomic E-state index is 12.1. The Morgan fingerprint density at radius 2 is 2.17 bits per heavy atom. The van der Waals surface area contributed by atoms with Crippen LogP contribution >= 0.6 is 0 Å². The zero-order chi connectivity index (χ0) is 13.4. The van der Waals surface area contributed by atoms with Gasteiger partial charge < -0.3 is 20.1 Å². The maximum atomic E-state index is 12.1. The molecule has 0 aromatic heterocycles. The lowest BCUT2D eigenvalue weighted by Gasteiger charge is -2.37. The summed E-state index contributed by atoms with van der Waals surface area (Å²) < 4.78 is 10.9. The van der Waals surface area contributed by atoms with Crippen molar-refractivity contribution in [3.63, 3.8) is 0 Å². The van der Waals surface area contributed by atoms with E-state index in [1.165, 1.54) is 0 Å². The van der Waals surface area contributed by atoms with Gasteiger partial charge >= 0.3 is 6.09 Å². The molecule has 2 fully saturated rings. The number of carbonyl (C=O) groups is 1. The first-order valence-corrected chi connectivity index (χ1v) is 6.65. The molecule has 5 nitrogen and oxygen atoms in total. The first-order chi connectivity index (χ1) is 8.29. The highest BCUT2D eigenvalue weighted by molar-refractivity contribution is 5.68. The summed E-state index contributed by atoms with van der Waals surface area (Å²) in [6, 6.07) is 0.0566. The van der Waals surface area contributed by atoms with E-state index in [1.807, 2.05) is 20.8 Å². The molecule has 1 heterocycles. The highest BCUT2D eigenvalue weighted by atomic mass is 16.6. The van der Waals surface area contributed by atoms with Crippen LogP contribution in [0.3, 0.4) is 0 Å². The monoisotopic (exact) mass is 256 g/mol. The van der Waals surface area contributed by atoms with Crippen LogP contribution in [0, 0.1) is 0 Å². The second-order valence-electron chi connectivity index (χ2n) is 6.47. The predicted octanol–water partition coefficient (Wildman–Crippen LogP) is 1.50. The van der Waals surface area contributed by atoms with E-state index in [1.54, 1.807) is 4.90 Å². The molecule has 1 aliphatic heterocycles. The van der Waals surface area contributed by atoms with Gasteiger partial charge in [0.2, 0.25) is 0 Å². The van der Waals surface area contributed by atoms with Crippen LogP contribution < -0.4 is 5.73 Å². The molecule has 1 amide bonds. The number of ether oxygens (including phenoxy) is 2. The molecule has 104 valence electrons. The van der Waals surface area contributed by atoms with E-state index in [4.69, 9.17) is 15.2 Å². The molecule has 1 aliphatic carbocycles. The van der Waals surface area contributed by atoms with Gasteiger partial charge in [0.25, 0.3) is 0 Å². The number of hydrogen-bond donors (Lipinski definition) is 1. The Morgan fingerprint density at radius 1 is 1.50 bits per heavy atom. The Bertz CT molecular complexity index is 321. The van der Waals surface area contributed by atoms with Crippen LogP contribution in [-0.4, -0.2) is 47.9 Å². The van der Waals surface area contributed by atoms with Gasteiger partial charge in [0, 0.05) is 12.1 Å². The lowest BCUT2D eigenvalue weighted by Crippen LogP contribution is -2.52. The minimum Gasteiger partial charge on any atom is -0.444 e. The number of morpholine rings is 1. The molecule has 0 radical (unpaired) electrons. The van der Waals surface area contributed by atoms with Gasteiger partial charge in [-0.1, -0.05) is 0 Å². The normalized spacial score (nSPS) is 26.9. The van der Waals surface area contributed by atoms with E-state index in [0.29, 0.717) is 19.8 Å². The number of amides is 1. The van der Waals surface area contributed by atoms with Crippen molar-refractivity contribution in [1.29, 1.82) is 0 Å². The number of rotatable bonds is 2. The summed E-state index contributed by atoms with van der Waals surface area (Å²) in [5.41, 5.74) is 5.60. The molecule has 1 saturated heterocycles. The van der Waals surface area contributed by atoms with Crippen LogP contribution in [-0.2, 0) is 9.47 Å². The molecule has 0 bridgehead atoms. The third-order valence-corrected chi connectivity index (χ3v) is 3.39. The summed E-state index contributed by atoms with van der Waals surface area (Å²) in [4.78, 5) is 13.9. The van der Waals surface area contributed by atoms with Gasteiger partial charge in [0.1, 0.15) is 5.60 Å². The van der Waals surface area contributed by atoms with E-state index in [9.17, 15) is 4.79 Å². The Kier molecular flexibility index (Phi) is 3.56. The highest BCUT2D eigenvalue weighted by Gasteiger charge is 2.43. The van der Waals surface area contributed by atoms with Crippen molar-refractivity contribution in [3.8, 4) is 0 Å². The van der Waals surface area contributed by atoms with E-state index >= 15 is 0 Å². The first-order valence-electron chi connectivity index (χ1n) is 6.65. The molecule has 0 aromatic carbocycles. The van der Waals surface area contributed by atoms with Gasteiger partial charge in [-0.15, -0.1) is 0 Å². The molecule has 1 saturated carbocycles. The van der Waals surface area contributed by atoms with Crippen molar-refractivity contribution >= 4 is 6.09 Å². The van der Waals surface area contributed by atoms with E-state index in [0.717, 1.165) is 19.3 Å². The van der Waals surface area contributed by atoms with Crippen molar-refractivity contribution in [1.82, 2.24) is 4.90 Å². The smallest absolute Gasteiger partial charge is 0.410 e. The fraction of sp³-hybridized carbons (Fsp3) is 0.923. The maximum Gasteiger partial charge on any atom is 0.410 e. The van der Waals surface area contributed by atoms with Crippen LogP contribution in [0.5, 0.6) is 0 Å². The molecule has 1 unspecified atom stereocenters. The average molecular weight is 256 g/mol. The standard InChI is InChI=1S/C13H24N2O3/c1-12(2,3)18-11(16)15-6-7-17-9-10(15)8-13(14)4-5-13/h10H,4-9,14H2,1-3H3. The van der Waals surface area contributed by atoms with Gasteiger partial charge in [-0.2, -0.15) is 0 Å². The Balaban J connectivity index is 1.96. The summed E-state index contributed by atoms with van der Waals surface area (Å²) in [6.45, 7) is 7.38. The minimum atomic E-state index is -0.458. The molecular weight excluding hydrogens is 232 g/mol. The zero-order valence-electron chi connectivity index (χ0n) is 11.6. The van der Waals surface area contributed by atoms with E-state index < -0.39 is 5.60 Å². The largest absolute Gasteiger partial charge is 0.444 e. The van der Waals surface area contributed by atoms with Crippen molar-refractivity contribution < 1.29 is 14.3 Å².